The molecule has 10 heteroatoms. The molecular weight excluding hydrogens is 358 g/mol. The summed E-state index contributed by atoms with van der Waals surface area (Å²) < 4.78 is 0. The molecule has 27 heavy (non-hydrogen) atoms. The Bertz CT molecular complexity index is 888. The number of carbonyl (C=O) groups is 1. The molecule has 1 rings (SSSR count). The van der Waals surface area contributed by atoms with Gasteiger partial charge in [0.1, 0.15) is 11.8 Å². The lowest BCUT2D eigenvalue weighted by Crippen LogP contribution is -2.28. The van der Waals surface area contributed by atoms with Crippen molar-refractivity contribution in [3.05, 3.63) is 33.4 Å². The van der Waals surface area contributed by atoms with E-state index in [0.717, 1.165) is 17.0 Å². The van der Waals surface area contributed by atoms with E-state index in [0.29, 0.717) is 0 Å². The van der Waals surface area contributed by atoms with Gasteiger partial charge in [0.05, 0.1) is 17.6 Å². The van der Waals surface area contributed by atoms with Gasteiger partial charge >= 0.3 is 5.69 Å². The maximum Gasteiger partial charge on any atom is 0.315 e. The number of nitriles is 1. The van der Waals surface area contributed by atoms with Crippen molar-refractivity contribution in [2.45, 2.75) is 19.4 Å². The zero-order valence-corrected chi connectivity index (χ0v) is 14.5. The maximum atomic E-state index is 12.3. The van der Waals surface area contributed by atoms with Gasteiger partial charge in [-0.05, 0) is 13.0 Å². The van der Waals surface area contributed by atoms with Crippen LogP contribution in [0.15, 0.2) is 17.7 Å². The van der Waals surface area contributed by atoms with Crippen molar-refractivity contribution < 1.29 is 30.1 Å². The topological polar surface area (TPSA) is 168 Å². The van der Waals surface area contributed by atoms with Crippen LogP contribution in [0.4, 0.5) is 5.69 Å². The van der Waals surface area contributed by atoms with Gasteiger partial charge in [0.2, 0.25) is 5.75 Å². The molecule has 0 aliphatic carbocycles. The van der Waals surface area contributed by atoms with Gasteiger partial charge in [-0.1, -0.05) is 11.8 Å². The first-order valence-corrected chi connectivity index (χ1v) is 7.53. The third kappa shape index (κ3) is 5.36. The second-order valence-corrected chi connectivity index (χ2v) is 5.52. The summed E-state index contributed by atoms with van der Waals surface area (Å²) in [6, 6.07) is 3.01. The van der Waals surface area contributed by atoms with Gasteiger partial charge in [0, 0.05) is 25.1 Å². The Kier molecular flexibility index (Phi) is 7.16. The smallest absolute Gasteiger partial charge is 0.315 e. The zero-order valence-electron chi connectivity index (χ0n) is 14.5. The van der Waals surface area contributed by atoms with Crippen LogP contribution in [0.1, 0.15) is 18.9 Å². The highest BCUT2D eigenvalue weighted by molar-refractivity contribution is 6.03. The molecule has 0 aromatic heterocycles. The van der Waals surface area contributed by atoms with Crippen molar-refractivity contribution in [1.29, 1.82) is 5.26 Å². The van der Waals surface area contributed by atoms with Gasteiger partial charge in [0.25, 0.3) is 5.91 Å². The molecule has 0 heterocycles. The summed E-state index contributed by atoms with van der Waals surface area (Å²) in [6.07, 6.45) is -0.430. The molecule has 4 N–H and O–H groups in total. The van der Waals surface area contributed by atoms with Crippen molar-refractivity contribution in [2.75, 3.05) is 13.6 Å². The van der Waals surface area contributed by atoms with Crippen molar-refractivity contribution >= 4 is 17.4 Å². The predicted octanol–water partition coefficient (Wildman–Crippen LogP) is 1.03. The van der Waals surface area contributed by atoms with Gasteiger partial charge in [-0.3, -0.25) is 14.9 Å². The SMILES string of the molecule is CC(O)CC#CCN(C)C(=O)/C(C#N)=C(\O)c1cc(O)c(O)c([N+](=O)[O-])c1. The number of nitro benzene ring substituents is 1. The van der Waals surface area contributed by atoms with Crippen molar-refractivity contribution in [1.82, 2.24) is 4.90 Å². The van der Waals surface area contributed by atoms with Gasteiger partial charge < -0.3 is 25.3 Å². The Balaban J connectivity index is 3.23. The molecule has 1 unspecified atom stereocenters. The Morgan fingerprint density at radius 2 is 2.00 bits per heavy atom. The number of likely N-dealkylation sites (N-methyl/N-ethyl adjacent to an activating group) is 1. The van der Waals surface area contributed by atoms with Crippen LogP contribution in [-0.2, 0) is 4.79 Å². The minimum absolute atomic E-state index is 0.0923. The third-order valence-corrected chi connectivity index (χ3v) is 3.29. The molecule has 1 amide bonds. The Morgan fingerprint density at radius 3 is 2.52 bits per heavy atom. The molecule has 1 atom stereocenters. The number of phenolic OH excluding ortho intramolecular Hbond substituents is 2. The van der Waals surface area contributed by atoms with Crippen LogP contribution in [-0.4, -0.2) is 55.9 Å². The van der Waals surface area contributed by atoms with Gasteiger partial charge in [-0.2, -0.15) is 5.26 Å². The number of carbonyl (C=O) groups excluding carboxylic acids is 1. The first-order chi connectivity index (χ1) is 12.6. The monoisotopic (exact) mass is 375 g/mol. The molecule has 10 nitrogen and oxygen atoms in total. The van der Waals surface area contributed by atoms with Gasteiger partial charge in [0.15, 0.2) is 11.3 Å². The van der Waals surface area contributed by atoms with E-state index in [4.69, 9.17) is 5.11 Å². The fraction of sp³-hybridized carbons (Fsp3) is 0.294. The molecule has 0 fully saturated rings. The number of rotatable bonds is 5. The van der Waals surface area contributed by atoms with Crippen LogP contribution in [0.3, 0.4) is 0 Å². The van der Waals surface area contributed by atoms with Crippen LogP contribution in [0.5, 0.6) is 11.5 Å². The predicted molar refractivity (Wildman–Crippen MR) is 93.3 cm³/mol. The minimum atomic E-state index is -1.01. The summed E-state index contributed by atoms with van der Waals surface area (Å²) in [7, 11) is 1.32. The van der Waals surface area contributed by atoms with Crippen LogP contribution in [0.25, 0.3) is 5.76 Å². The number of aliphatic hydroxyl groups is 2. The number of hydrogen-bond donors (Lipinski definition) is 4. The lowest BCUT2D eigenvalue weighted by Gasteiger charge is -2.14. The normalized spacial score (nSPS) is 12.1. The van der Waals surface area contributed by atoms with Crippen LogP contribution in [0.2, 0.25) is 0 Å². The summed E-state index contributed by atoms with van der Waals surface area (Å²) in [5.41, 5.74) is -2.02. The maximum absolute atomic E-state index is 12.3. The van der Waals surface area contributed by atoms with Crippen LogP contribution < -0.4 is 0 Å². The number of nitrogens with zero attached hydrogens (tertiary/aromatic N) is 3. The van der Waals surface area contributed by atoms with Crippen LogP contribution >= 0.6 is 0 Å². The molecule has 0 radical (unpaired) electrons. The number of benzene rings is 1. The lowest BCUT2D eigenvalue weighted by molar-refractivity contribution is -0.386. The van der Waals surface area contributed by atoms with Gasteiger partial charge in [-0.15, -0.1) is 0 Å². The fourth-order valence-electron chi connectivity index (χ4n) is 1.88. The summed E-state index contributed by atoms with van der Waals surface area (Å²) in [5, 5.41) is 58.4. The standard InChI is InChI=1S/C17H17N3O7/c1-10(21)5-3-4-6-19(2)17(25)12(9-18)15(23)11-7-13(20(26)27)16(24)14(22)8-11/h7-8,10,21-24H,5-6H2,1-2H3/b15-12-. The number of aliphatic hydroxyl groups excluding tert-OH is 2. The molecule has 0 aliphatic rings. The molecule has 1 aromatic rings. The first kappa shape index (κ1) is 21.3. The Morgan fingerprint density at radius 1 is 1.37 bits per heavy atom. The highest BCUT2D eigenvalue weighted by Gasteiger charge is 2.24. The summed E-state index contributed by atoms with van der Waals surface area (Å²) in [5.74, 6) is 1.54. The van der Waals surface area contributed by atoms with E-state index >= 15 is 0 Å². The molecule has 1 aromatic carbocycles. The number of phenols is 2. The molecule has 0 bridgehead atoms. The largest absolute Gasteiger partial charge is 0.506 e. The highest BCUT2D eigenvalue weighted by Crippen LogP contribution is 2.38. The van der Waals surface area contributed by atoms with Crippen LogP contribution in [0, 0.1) is 33.3 Å². The van der Waals surface area contributed by atoms with Crippen molar-refractivity contribution in [3.63, 3.8) is 0 Å². The quantitative estimate of drug-likeness (QED) is 0.112. The average Bonchev–Trinajstić information content (AvgIpc) is 2.60. The fourth-order valence-corrected chi connectivity index (χ4v) is 1.88. The highest BCUT2D eigenvalue weighted by atomic mass is 16.6. The van der Waals surface area contributed by atoms with E-state index in [1.807, 2.05) is 0 Å². The van der Waals surface area contributed by atoms with E-state index in [1.54, 1.807) is 6.92 Å². The minimum Gasteiger partial charge on any atom is -0.506 e. The second kappa shape index (κ2) is 9.08. The summed E-state index contributed by atoms with van der Waals surface area (Å²) in [4.78, 5) is 23.2. The summed E-state index contributed by atoms with van der Waals surface area (Å²) >= 11 is 0. The van der Waals surface area contributed by atoms with Crippen molar-refractivity contribution in [2.24, 2.45) is 0 Å². The number of aromatic hydroxyl groups is 2. The average molecular weight is 375 g/mol. The molecule has 0 saturated carbocycles. The molecule has 0 saturated heterocycles. The third-order valence-electron chi connectivity index (χ3n) is 3.29. The molecule has 0 aliphatic heterocycles. The zero-order chi connectivity index (χ0) is 20.7. The van der Waals surface area contributed by atoms with E-state index in [2.05, 4.69) is 11.8 Å². The van der Waals surface area contributed by atoms with Gasteiger partial charge in [-0.25, -0.2) is 0 Å². The Hall–Kier alpha value is -3.76. The molecular formula is C17H17N3O7. The lowest BCUT2D eigenvalue weighted by atomic mass is 10.1. The van der Waals surface area contributed by atoms with E-state index in [-0.39, 0.29) is 13.0 Å². The first-order valence-electron chi connectivity index (χ1n) is 7.53. The molecule has 0 spiro atoms. The Labute approximate surface area is 154 Å². The van der Waals surface area contributed by atoms with E-state index in [9.17, 15) is 35.5 Å². The number of nitro groups is 1. The molecule has 142 valence electrons. The van der Waals surface area contributed by atoms with E-state index in [1.165, 1.54) is 13.1 Å². The van der Waals surface area contributed by atoms with Crippen molar-refractivity contribution in [3.8, 4) is 29.4 Å². The summed E-state index contributed by atoms with van der Waals surface area (Å²) in [6.45, 7) is 1.45. The van der Waals surface area contributed by atoms with E-state index < -0.39 is 51.0 Å². The second-order valence-electron chi connectivity index (χ2n) is 5.52. The number of amides is 1. The number of hydrogen-bond acceptors (Lipinski definition) is 8.